The number of halogens is 3. The van der Waals surface area contributed by atoms with Crippen molar-refractivity contribution in [2.24, 2.45) is 0 Å². The summed E-state index contributed by atoms with van der Waals surface area (Å²) >= 11 is 1.24. The Morgan fingerprint density at radius 2 is 1.77 bits per heavy atom. The number of nitrogens with zero attached hydrogens (tertiary/aromatic N) is 4. The van der Waals surface area contributed by atoms with Crippen molar-refractivity contribution in [1.82, 2.24) is 19.7 Å². The Labute approximate surface area is 179 Å². The van der Waals surface area contributed by atoms with Crippen LogP contribution in [0.4, 0.5) is 13.2 Å². The summed E-state index contributed by atoms with van der Waals surface area (Å²) in [6, 6.07) is 11.4. The number of ether oxygens (including phenoxy) is 1. The molecule has 0 fully saturated rings. The molecule has 6 nitrogen and oxygen atoms in total. The minimum atomic E-state index is -2.92. The smallest absolute Gasteiger partial charge is 0.387 e. The minimum absolute atomic E-state index is 0.0161. The summed E-state index contributed by atoms with van der Waals surface area (Å²) in [5.74, 6) is -0.559. The van der Waals surface area contributed by atoms with Gasteiger partial charge < -0.3 is 4.74 Å². The largest absolute Gasteiger partial charge is 0.435 e. The number of fused-ring (bicyclic) bond motifs is 1. The van der Waals surface area contributed by atoms with Crippen molar-refractivity contribution < 1.29 is 22.7 Å². The predicted molar refractivity (Wildman–Crippen MR) is 109 cm³/mol. The lowest BCUT2D eigenvalue weighted by molar-refractivity contribution is -0.0498. The van der Waals surface area contributed by atoms with E-state index >= 15 is 0 Å². The number of carbonyl (C=O) groups is 1. The lowest BCUT2D eigenvalue weighted by Gasteiger charge is -2.11. The van der Waals surface area contributed by atoms with Gasteiger partial charge >= 0.3 is 6.61 Å². The quantitative estimate of drug-likeness (QED) is 0.229. The van der Waals surface area contributed by atoms with Crippen LogP contribution in [0.2, 0.25) is 0 Å². The predicted octanol–water partition coefficient (Wildman–Crippen LogP) is 4.92. The van der Waals surface area contributed by atoms with E-state index < -0.39 is 11.9 Å². The SMILES string of the molecule is CC(Sc1ncnc2c1cnn2-c1ccc(F)cc1)C(=O)c1ccc(OC(F)F)cc1. The van der Waals surface area contributed by atoms with Gasteiger partial charge in [0.25, 0.3) is 0 Å². The highest BCUT2D eigenvalue weighted by Crippen LogP contribution is 2.30. The molecule has 0 N–H and O–H groups in total. The summed E-state index contributed by atoms with van der Waals surface area (Å²) in [5.41, 5.74) is 1.53. The summed E-state index contributed by atoms with van der Waals surface area (Å²) < 4.78 is 43.6. The van der Waals surface area contributed by atoms with Gasteiger partial charge in [0.15, 0.2) is 11.4 Å². The van der Waals surface area contributed by atoms with Gasteiger partial charge in [-0.1, -0.05) is 11.8 Å². The van der Waals surface area contributed by atoms with Crippen molar-refractivity contribution in [2.75, 3.05) is 0 Å². The van der Waals surface area contributed by atoms with Crippen LogP contribution < -0.4 is 4.74 Å². The van der Waals surface area contributed by atoms with Crippen molar-refractivity contribution in [3.8, 4) is 11.4 Å². The van der Waals surface area contributed by atoms with E-state index in [0.29, 0.717) is 27.3 Å². The van der Waals surface area contributed by atoms with Gasteiger partial charge in [0.05, 0.1) is 22.5 Å². The summed E-state index contributed by atoms with van der Waals surface area (Å²) in [5, 5.41) is 5.03. The van der Waals surface area contributed by atoms with Crippen molar-refractivity contribution in [2.45, 2.75) is 23.8 Å². The van der Waals surface area contributed by atoms with E-state index in [4.69, 9.17) is 0 Å². The zero-order valence-corrected chi connectivity index (χ0v) is 16.9. The van der Waals surface area contributed by atoms with Gasteiger partial charge in [-0.05, 0) is 55.5 Å². The Morgan fingerprint density at radius 1 is 1.06 bits per heavy atom. The van der Waals surface area contributed by atoms with E-state index in [0.717, 1.165) is 0 Å². The molecule has 0 saturated carbocycles. The Bertz CT molecular complexity index is 1210. The van der Waals surface area contributed by atoms with E-state index in [1.165, 1.54) is 54.5 Å². The Balaban J connectivity index is 1.55. The van der Waals surface area contributed by atoms with Gasteiger partial charge in [0, 0.05) is 5.56 Å². The average molecular weight is 444 g/mol. The minimum Gasteiger partial charge on any atom is -0.435 e. The number of aromatic nitrogens is 4. The first kappa shape index (κ1) is 20.9. The molecule has 2 aromatic heterocycles. The van der Waals surface area contributed by atoms with Crippen molar-refractivity contribution >= 4 is 28.6 Å². The van der Waals surface area contributed by atoms with Crippen LogP contribution in [0.5, 0.6) is 5.75 Å². The van der Waals surface area contributed by atoms with Crippen LogP contribution in [0, 0.1) is 5.82 Å². The second kappa shape index (κ2) is 8.76. The monoisotopic (exact) mass is 444 g/mol. The van der Waals surface area contributed by atoms with E-state index in [9.17, 15) is 18.0 Å². The number of ketones is 1. The Kier molecular flexibility index (Phi) is 5.90. The normalized spacial score (nSPS) is 12.3. The highest BCUT2D eigenvalue weighted by molar-refractivity contribution is 8.00. The number of Topliss-reactive ketones (excluding diaryl/α,β-unsaturated/α-hetero) is 1. The van der Waals surface area contributed by atoms with Crippen molar-refractivity contribution in [3.05, 3.63) is 72.4 Å². The van der Waals surface area contributed by atoms with Crippen LogP contribution in [0.25, 0.3) is 16.7 Å². The average Bonchev–Trinajstić information content (AvgIpc) is 3.19. The highest BCUT2D eigenvalue weighted by atomic mass is 32.2. The maximum Gasteiger partial charge on any atom is 0.387 e. The van der Waals surface area contributed by atoms with Gasteiger partial charge in [-0.3, -0.25) is 4.79 Å². The number of alkyl halides is 2. The molecule has 1 atom stereocenters. The molecule has 0 aliphatic heterocycles. The summed E-state index contributed by atoms with van der Waals surface area (Å²) in [6.07, 6.45) is 2.97. The molecule has 0 bridgehead atoms. The van der Waals surface area contributed by atoms with Gasteiger partial charge in [0.1, 0.15) is 22.9 Å². The number of carbonyl (C=O) groups excluding carboxylic acids is 1. The van der Waals surface area contributed by atoms with Crippen molar-refractivity contribution in [3.63, 3.8) is 0 Å². The first-order valence-corrected chi connectivity index (χ1v) is 10.0. The molecule has 0 radical (unpaired) electrons. The van der Waals surface area contributed by atoms with Crippen LogP contribution >= 0.6 is 11.8 Å². The third-order valence-electron chi connectivity index (χ3n) is 4.42. The first-order chi connectivity index (χ1) is 14.9. The maximum absolute atomic E-state index is 13.2. The van der Waals surface area contributed by atoms with Crippen LogP contribution in [0.1, 0.15) is 17.3 Å². The van der Waals surface area contributed by atoms with Crippen molar-refractivity contribution in [1.29, 1.82) is 0 Å². The summed E-state index contributed by atoms with van der Waals surface area (Å²) in [6.45, 7) is -1.19. The summed E-state index contributed by atoms with van der Waals surface area (Å²) in [7, 11) is 0. The molecule has 0 aliphatic carbocycles. The van der Waals surface area contributed by atoms with Gasteiger partial charge in [0.2, 0.25) is 0 Å². The zero-order chi connectivity index (χ0) is 22.0. The number of rotatable bonds is 7. The van der Waals surface area contributed by atoms with E-state index in [1.807, 2.05) is 0 Å². The number of hydrogen-bond donors (Lipinski definition) is 0. The molecule has 10 heteroatoms. The number of hydrogen-bond acceptors (Lipinski definition) is 6. The summed E-state index contributed by atoms with van der Waals surface area (Å²) in [4.78, 5) is 21.3. The van der Waals surface area contributed by atoms with E-state index in [2.05, 4.69) is 19.8 Å². The molecule has 0 aliphatic rings. The lowest BCUT2D eigenvalue weighted by atomic mass is 10.1. The molecular formula is C21H15F3N4O2S. The molecule has 4 aromatic rings. The third-order valence-corrected chi connectivity index (χ3v) is 5.54. The lowest BCUT2D eigenvalue weighted by Crippen LogP contribution is -2.14. The van der Waals surface area contributed by atoms with E-state index in [1.54, 1.807) is 29.9 Å². The van der Waals surface area contributed by atoms with Gasteiger partial charge in [-0.15, -0.1) is 0 Å². The van der Waals surface area contributed by atoms with Crippen LogP contribution in [0.3, 0.4) is 0 Å². The molecule has 0 amide bonds. The van der Waals surface area contributed by atoms with Crippen LogP contribution in [-0.4, -0.2) is 37.4 Å². The maximum atomic E-state index is 13.2. The molecule has 2 aromatic carbocycles. The number of benzene rings is 2. The van der Waals surface area contributed by atoms with E-state index in [-0.39, 0.29) is 17.3 Å². The molecule has 1 unspecified atom stereocenters. The van der Waals surface area contributed by atoms with Gasteiger partial charge in [-0.25, -0.2) is 19.0 Å². The number of thioether (sulfide) groups is 1. The topological polar surface area (TPSA) is 69.9 Å². The first-order valence-electron chi connectivity index (χ1n) is 9.13. The fourth-order valence-corrected chi connectivity index (χ4v) is 3.90. The molecular weight excluding hydrogens is 429 g/mol. The molecule has 0 spiro atoms. The second-order valence-corrected chi connectivity index (χ2v) is 7.81. The Morgan fingerprint density at radius 3 is 2.45 bits per heavy atom. The second-order valence-electron chi connectivity index (χ2n) is 6.48. The van der Waals surface area contributed by atoms with Gasteiger partial charge in [-0.2, -0.15) is 13.9 Å². The third kappa shape index (κ3) is 4.53. The molecule has 4 rings (SSSR count). The molecule has 0 saturated heterocycles. The standard InChI is InChI=1S/C21H15F3N4O2S/c1-12(18(29)13-2-8-16(9-3-13)30-21(23)24)31-20-17-10-27-28(19(17)25-11-26-20)15-6-4-14(22)5-7-15/h2-12,21H,1H3. The molecule has 158 valence electrons. The fraction of sp³-hybridized carbons (Fsp3) is 0.143. The Hall–Kier alpha value is -3.40. The molecule has 2 heterocycles. The fourth-order valence-electron chi connectivity index (χ4n) is 2.94. The zero-order valence-electron chi connectivity index (χ0n) is 16.1. The highest BCUT2D eigenvalue weighted by Gasteiger charge is 2.20. The van der Waals surface area contributed by atoms with Crippen LogP contribution in [-0.2, 0) is 0 Å². The molecule has 31 heavy (non-hydrogen) atoms. The van der Waals surface area contributed by atoms with Crippen LogP contribution in [0.15, 0.2) is 66.1 Å².